The molecule has 0 atom stereocenters. The van der Waals surface area contributed by atoms with Gasteiger partial charge < -0.3 is 14.8 Å². The van der Waals surface area contributed by atoms with Gasteiger partial charge in [-0.05, 0) is 48.9 Å². The minimum absolute atomic E-state index is 0.0157. The number of nitrogens with zero attached hydrogens (tertiary/aromatic N) is 2. The number of alkyl halides is 3. The van der Waals surface area contributed by atoms with Gasteiger partial charge in [0.25, 0.3) is 0 Å². The van der Waals surface area contributed by atoms with Gasteiger partial charge in [0.1, 0.15) is 23.7 Å². The number of rotatable bonds is 7. The number of aliphatic carboxylic acids is 1. The number of aryl methyl sites for hydroxylation is 1. The normalized spacial score (nSPS) is 11.7. The summed E-state index contributed by atoms with van der Waals surface area (Å²) in [6, 6.07) is 16.1. The lowest BCUT2D eigenvalue weighted by Crippen LogP contribution is -2.13. The number of aromatic nitrogens is 3. The number of carboxylic acid groups (broad SMARTS) is 1. The van der Waals surface area contributed by atoms with Crippen LogP contribution in [-0.2, 0) is 24.0 Å². The molecule has 2 aromatic carbocycles. The maximum absolute atomic E-state index is 13.5. The summed E-state index contributed by atoms with van der Waals surface area (Å²) in [5.74, 6) is -0.407. The Balaban J connectivity index is 1.53. The number of ether oxygens (including phenoxy) is 1. The summed E-state index contributed by atoms with van der Waals surface area (Å²) in [4.78, 5) is 13.9. The number of benzene rings is 2. The Labute approximate surface area is 174 Å². The second-order valence-electron chi connectivity index (χ2n) is 6.99. The molecule has 0 aliphatic heterocycles. The van der Waals surface area contributed by atoms with Crippen LogP contribution in [0.4, 0.5) is 13.2 Å². The Morgan fingerprint density at radius 3 is 2.58 bits per heavy atom. The zero-order valence-electron chi connectivity index (χ0n) is 16.2. The predicted molar refractivity (Wildman–Crippen MR) is 107 cm³/mol. The van der Waals surface area contributed by atoms with Gasteiger partial charge in [0, 0.05) is 16.6 Å². The molecule has 0 saturated carbocycles. The van der Waals surface area contributed by atoms with Gasteiger partial charge in [0.15, 0.2) is 0 Å². The van der Waals surface area contributed by atoms with Crippen LogP contribution < -0.4 is 4.74 Å². The van der Waals surface area contributed by atoms with Crippen molar-refractivity contribution < 1.29 is 27.8 Å². The fourth-order valence-corrected chi connectivity index (χ4v) is 3.26. The number of halogens is 3. The van der Waals surface area contributed by atoms with Crippen LogP contribution in [-0.4, -0.2) is 25.8 Å². The summed E-state index contributed by atoms with van der Waals surface area (Å²) in [6.07, 6.45) is -4.17. The molecule has 0 saturated heterocycles. The Bertz CT molecular complexity index is 1210. The van der Waals surface area contributed by atoms with Crippen LogP contribution in [0, 0.1) is 0 Å². The molecule has 2 aromatic heterocycles. The first-order chi connectivity index (χ1) is 14.8. The van der Waals surface area contributed by atoms with Crippen LogP contribution in [0.3, 0.4) is 0 Å². The minimum atomic E-state index is -4.56. The molecule has 2 heterocycles. The average molecular weight is 429 g/mol. The molecule has 31 heavy (non-hydrogen) atoms. The highest BCUT2D eigenvalue weighted by Crippen LogP contribution is 2.32. The molecule has 0 fully saturated rings. The molecule has 0 bridgehead atoms. The van der Waals surface area contributed by atoms with E-state index in [9.17, 15) is 18.0 Å². The van der Waals surface area contributed by atoms with Gasteiger partial charge in [-0.25, -0.2) is 4.68 Å². The molecule has 0 aliphatic rings. The molecule has 6 nitrogen and oxygen atoms in total. The fraction of sp³-hybridized carbons (Fsp3) is 0.182. The molecule has 2 N–H and O–H groups in total. The van der Waals surface area contributed by atoms with E-state index in [-0.39, 0.29) is 18.7 Å². The molecule has 4 aromatic rings. The predicted octanol–water partition coefficient (Wildman–Crippen LogP) is 4.97. The Morgan fingerprint density at radius 2 is 1.87 bits per heavy atom. The molecule has 9 heteroatoms. The zero-order chi connectivity index (χ0) is 22.0. The maximum Gasteiger partial charge on any atom is 0.433 e. The van der Waals surface area contributed by atoms with Crippen molar-refractivity contribution in [3.05, 3.63) is 77.7 Å². The lowest BCUT2D eigenvalue weighted by molar-refractivity contribution is -0.143. The first-order valence-corrected chi connectivity index (χ1v) is 9.47. The number of carboxylic acids is 1. The number of carbonyl (C=O) groups is 1. The van der Waals surface area contributed by atoms with E-state index < -0.39 is 17.8 Å². The van der Waals surface area contributed by atoms with Gasteiger partial charge in [-0.3, -0.25) is 4.79 Å². The van der Waals surface area contributed by atoms with Crippen LogP contribution in [0.5, 0.6) is 5.75 Å². The van der Waals surface area contributed by atoms with Crippen LogP contribution in [0.2, 0.25) is 0 Å². The van der Waals surface area contributed by atoms with Crippen LogP contribution >= 0.6 is 0 Å². The highest BCUT2D eigenvalue weighted by molar-refractivity contribution is 5.82. The molecule has 0 amide bonds. The number of aromatic amines is 1. The standard InChI is InChI=1S/C22H18F3N3O3/c23-22(24,25)20-12-16(27-28(20)17-4-2-1-3-5-17)13-31-18-7-8-19-14(11-18)10-15(26-19)6-9-21(29)30/h1-5,7-8,10-12,26H,6,9,13H2,(H,29,30). The number of nitrogens with one attached hydrogen (secondary N) is 1. The number of hydrogen-bond acceptors (Lipinski definition) is 3. The maximum atomic E-state index is 13.5. The lowest BCUT2D eigenvalue weighted by atomic mass is 10.2. The molecule has 0 unspecified atom stereocenters. The Hall–Kier alpha value is -3.75. The second-order valence-corrected chi connectivity index (χ2v) is 6.99. The first-order valence-electron chi connectivity index (χ1n) is 9.47. The summed E-state index contributed by atoms with van der Waals surface area (Å²) in [7, 11) is 0. The van der Waals surface area contributed by atoms with Crippen molar-refractivity contribution in [1.82, 2.24) is 14.8 Å². The van der Waals surface area contributed by atoms with E-state index in [0.717, 1.165) is 27.3 Å². The van der Waals surface area contributed by atoms with Gasteiger partial charge in [-0.15, -0.1) is 0 Å². The van der Waals surface area contributed by atoms with E-state index in [1.807, 2.05) is 6.07 Å². The van der Waals surface area contributed by atoms with E-state index >= 15 is 0 Å². The van der Waals surface area contributed by atoms with Crippen LogP contribution in [0.15, 0.2) is 60.7 Å². The Kier molecular flexibility index (Phi) is 5.41. The molecule has 0 aliphatic carbocycles. The van der Waals surface area contributed by atoms with E-state index in [4.69, 9.17) is 9.84 Å². The van der Waals surface area contributed by atoms with Gasteiger partial charge in [-0.1, -0.05) is 18.2 Å². The second kappa shape index (κ2) is 8.17. The number of para-hydroxylation sites is 1. The van der Waals surface area contributed by atoms with Crippen molar-refractivity contribution in [2.75, 3.05) is 0 Å². The van der Waals surface area contributed by atoms with Crippen molar-refractivity contribution in [2.45, 2.75) is 25.6 Å². The highest BCUT2D eigenvalue weighted by Gasteiger charge is 2.36. The summed E-state index contributed by atoms with van der Waals surface area (Å²) in [5, 5.41) is 13.7. The smallest absolute Gasteiger partial charge is 0.433 e. The average Bonchev–Trinajstić information content (AvgIpc) is 3.35. The Morgan fingerprint density at radius 1 is 1.10 bits per heavy atom. The molecule has 160 valence electrons. The van der Waals surface area contributed by atoms with Crippen LogP contribution in [0.25, 0.3) is 16.6 Å². The summed E-state index contributed by atoms with van der Waals surface area (Å²) >= 11 is 0. The fourth-order valence-electron chi connectivity index (χ4n) is 3.26. The van der Waals surface area contributed by atoms with Crippen molar-refractivity contribution in [3.8, 4) is 11.4 Å². The van der Waals surface area contributed by atoms with E-state index in [1.165, 1.54) is 0 Å². The van der Waals surface area contributed by atoms with Crippen molar-refractivity contribution in [2.24, 2.45) is 0 Å². The number of hydrogen-bond donors (Lipinski definition) is 2. The van der Waals surface area contributed by atoms with E-state index in [0.29, 0.717) is 17.9 Å². The molecule has 0 spiro atoms. The molecular formula is C22H18F3N3O3. The van der Waals surface area contributed by atoms with Crippen molar-refractivity contribution >= 4 is 16.9 Å². The minimum Gasteiger partial charge on any atom is -0.487 e. The third-order valence-electron chi connectivity index (χ3n) is 4.69. The summed E-state index contributed by atoms with van der Waals surface area (Å²) in [5.41, 5.74) is 1.18. The topological polar surface area (TPSA) is 80.1 Å². The lowest BCUT2D eigenvalue weighted by Gasteiger charge is -2.09. The van der Waals surface area contributed by atoms with Gasteiger partial charge >= 0.3 is 12.1 Å². The van der Waals surface area contributed by atoms with Gasteiger partial charge in [0.2, 0.25) is 0 Å². The summed E-state index contributed by atoms with van der Waals surface area (Å²) in [6.45, 7) is -0.134. The van der Waals surface area contributed by atoms with Crippen LogP contribution in [0.1, 0.15) is 23.5 Å². The molecule has 4 rings (SSSR count). The third kappa shape index (κ3) is 4.71. The van der Waals surface area contributed by atoms with Gasteiger partial charge in [0.05, 0.1) is 12.1 Å². The van der Waals surface area contributed by atoms with Gasteiger partial charge in [-0.2, -0.15) is 18.3 Å². The van der Waals surface area contributed by atoms with E-state index in [1.54, 1.807) is 48.5 Å². The largest absolute Gasteiger partial charge is 0.487 e. The zero-order valence-corrected chi connectivity index (χ0v) is 16.2. The third-order valence-corrected chi connectivity index (χ3v) is 4.69. The number of H-pyrrole nitrogens is 1. The van der Waals surface area contributed by atoms with E-state index in [2.05, 4.69) is 10.1 Å². The van der Waals surface area contributed by atoms with Crippen molar-refractivity contribution in [3.63, 3.8) is 0 Å². The quantitative estimate of drug-likeness (QED) is 0.435. The number of fused-ring (bicyclic) bond motifs is 1. The SMILES string of the molecule is O=C(O)CCc1cc2cc(OCc3cc(C(F)(F)F)n(-c4ccccc4)n3)ccc2[nH]1. The molecule has 0 radical (unpaired) electrons. The first kappa shape index (κ1) is 20.5. The van der Waals surface area contributed by atoms with Crippen molar-refractivity contribution in [1.29, 1.82) is 0 Å². The monoisotopic (exact) mass is 429 g/mol. The summed E-state index contributed by atoms with van der Waals surface area (Å²) < 4.78 is 46.9. The highest BCUT2D eigenvalue weighted by atomic mass is 19.4. The molecular weight excluding hydrogens is 411 g/mol.